The van der Waals surface area contributed by atoms with Crippen molar-refractivity contribution in [2.75, 3.05) is 0 Å². The summed E-state index contributed by atoms with van der Waals surface area (Å²) in [5.74, 6) is 1.31. The second-order valence-electron chi connectivity index (χ2n) is 4.90. The van der Waals surface area contributed by atoms with Gasteiger partial charge in [0.25, 0.3) is 0 Å². The van der Waals surface area contributed by atoms with Crippen LogP contribution in [0.2, 0.25) is 0 Å². The Morgan fingerprint density at radius 2 is 2.29 bits per heavy atom. The molecular formula is C10H17N3O. The average Bonchev–Trinajstić information content (AvgIpc) is 2.59. The van der Waals surface area contributed by atoms with Crippen LogP contribution in [0.4, 0.5) is 4.79 Å². The number of rotatable bonds is 1. The number of nitrogens with zero attached hydrogens (tertiary/aromatic N) is 1. The summed E-state index contributed by atoms with van der Waals surface area (Å²) in [5, 5.41) is 4.15. The van der Waals surface area contributed by atoms with E-state index >= 15 is 0 Å². The van der Waals surface area contributed by atoms with Gasteiger partial charge in [0.15, 0.2) is 0 Å². The first-order valence-electron chi connectivity index (χ1n) is 5.15. The SMILES string of the molecule is CC1(C)/C(=N/NC(N)=O)C2CCC1C2. The fourth-order valence-corrected chi connectivity index (χ4v) is 2.97. The molecule has 2 unspecified atom stereocenters. The molecule has 14 heavy (non-hydrogen) atoms. The monoisotopic (exact) mass is 195 g/mol. The van der Waals surface area contributed by atoms with Gasteiger partial charge in [-0.3, -0.25) is 0 Å². The fourth-order valence-electron chi connectivity index (χ4n) is 2.97. The van der Waals surface area contributed by atoms with E-state index < -0.39 is 6.03 Å². The van der Waals surface area contributed by atoms with Crippen LogP contribution in [0.3, 0.4) is 0 Å². The van der Waals surface area contributed by atoms with Crippen molar-refractivity contribution in [3.63, 3.8) is 0 Å². The Labute approximate surface area is 83.9 Å². The molecule has 0 radical (unpaired) electrons. The molecule has 0 aliphatic heterocycles. The Bertz CT molecular complexity index is 296. The van der Waals surface area contributed by atoms with Crippen molar-refractivity contribution < 1.29 is 4.79 Å². The minimum atomic E-state index is -0.573. The number of hydrazone groups is 1. The number of nitrogens with two attached hydrogens (primary N) is 1. The number of carbonyl (C=O) groups excluding carboxylic acids is 1. The van der Waals surface area contributed by atoms with E-state index in [0.29, 0.717) is 5.92 Å². The number of primary amides is 1. The summed E-state index contributed by atoms with van der Waals surface area (Å²) in [4.78, 5) is 10.6. The zero-order valence-corrected chi connectivity index (χ0v) is 8.71. The lowest BCUT2D eigenvalue weighted by Crippen LogP contribution is -2.34. The zero-order chi connectivity index (χ0) is 10.3. The summed E-state index contributed by atoms with van der Waals surface area (Å²) < 4.78 is 0. The highest BCUT2D eigenvalue weighted by Gasteiger charge is 2.50. The van der Waals surface area contributed by atoms with E-state index in [2.05, 4.69) is 24.4 Å². The van der Waals surface area contributed by atoms with Gasteiger partial charge >= 0.3 is 6.03 Å². The average molecular weight is 195 g/mol. The maximum absolute atomic E-state index is 10.6. The van der Waals surface area contributed by atoms with Crippen LogP contribution in [0.1, 0.15) is 33.1 Å². The molecule has 0 heterocycles. The lowest BCUT2D eigenvalue weighted by Gasteiger charge is -2.30. The van der Waals surface area contributed by atoms with Crippen LogP contribution in [0, 0.1) is 17.3 Å². The van der Waals surface area contributed by atoms with E-state index in [1.807, 2.05) is 0 Å². The molecule has 2 aliphatic carbocycles. The first kappa shape index (κ1) is 9.49. The molecular weight excluding hydrogens is 178 g/mol. The van der Waals surface area contributed by atoms with Gasteiger partial charge in [0.2, 0.25) is 0 Å². The third-order valence-electron chi connectivity index (χ3n) is 3.79. The largest absolute Gasteiger partial charge is 0.350 e. The van der Waals surface area contributed by atoms with E-state index in [1.165, 1.54) is 19.3 Å². The van der Waals surface area contributed by atoms with E-state index in [4.69, 9.17) is 5.73 Å². The van der Waals surface area contributed by atoms with Crippen LogP contribution in [0.5, 0.6) is 0 Å². The van der Waals surface area contributed by atoms with Crippen molar-refractivity contribution in [3.8, 4) is 0 Å². The maximum Gasteiger partial charge on any atom is 0.332 e. The number of carbonyl (C=O) groups is 1. The summed E-state index contributed by atoms with van der Waals surface area (Å²) in [7, 11) is 0. The van der Waals surface area contributed by atoms with E-state index in [1.54, 1.807) is 0 Å². The Morgan fingerprint density at radius 1 is 1.57 bits per heavy atom. The molecule has 2 atom stereocenters. The number of urea groups is 1. The third-order valence-corrected chi connectivity index (χ3v) is 3.79. The topological polar surface area (TPSA) is 67.5 Å². The van der Waals surface area contributed by atoms with Crippen molar-refractivity contribution in [1.82, 2.24) is 5.43 Å². The minimum Gasteiger partial charge on any atom is -0.350 e. The summed E-state index contributed by atoms with van der Waals surface area (Å²) in [5.41, 5.74) is 8.63. The van der Waals surface area contributed by atoms with Crippen LogP contribution in [0.25, 0.3) is 0 Å². The fraction of sp³-hybridized carbons (Fsp3) is 0.800. The normalized spacial score (nSPS) is 36.3. The summed E-state index contributed by atoms with van der Waals surface area (Å²) in [6, 6.07) is -0.573. The zero-order valence-electron chi connectivity index (χ0n) is 8.71. The molecule has 78 valence electrons. The Balaban J connectivity index is 2.19. The number of hydrogen-bond acceptors (Lipinski definition) is 2. The van der Waals surface area contributed by atoms with E-state index in [-0.39, 0.29) is 5.41 Å². The second kappa shape index (κ2) is 2.97. The Kier molecular flexibility index (Phi) is 2.01. The molecule has 0 spiro atoms. The molecule has 4 nitrogen and oxygen atoms in total. The van der Waals surface area contributed by atoms with Gasteiger partial charge in [0, 0.05) is 11.1 Å². The van der Waals surface area contributed by atoms with Crippen molar-refractivity contribution in [2.24, 2.45) is 28.1 Å². The molecule has 0 saturated heterocycles. The van der Waals surface area contributed by atoms with Crippen molar-refractivity contribution in [3.05, 3.63) is 0 Å². The lowest BCUT2D eigenvalue weighted by molar-refractivity contribution is 0.249. The van der Waals surface area contributed by atoms with Crippen molar-refractivity contribution >= 4 is 11.7 Å². The number of hydrogen-bond donors (Lipinski definition) is 2. The molecule has 4 heteroatoms. The first-order chi connectivity index (χ1) is 6.51. The number of fused-ring (bicyclic) bond motifs is 2. The van der Waals surface area contributed by atoms with Gasteiger partial charge in [-0.1, -0.05) is 13.8 Å². The molecule has 2 saturated carbocycles. The van der Waals surface area contributed by atoms with Crippen LogP contribution in [0.15, 0.2) is 5.10 Å². The van der Waals surface area contributed by atoms with Crippen molar-refractivity contribution in [2.45, 2.75) is 33.1 Å². The Morgan fingerprint density at radius 3 is 2.79 bits per heavy atom. The molecule has 2 fully saturated rings. The summed E-state index contributed by atoms with van der Waals surface area (Å²) in [6.07, 6.45) is 3.74. The summed E-state index contributed by atoms with van der Waals surface area (Å²) in [6.45, 7) is 4.41. The highest BCUT2D eigenvalue weighted by molar-refractivity contribution is 5.95. The second-order valence-corrected chi connectivity index (χ2v) is 4.90. The molecule has 0 aromatic carbocycles. The quantitative estimate of drug-likeness (QED) is 0.611. The molecule has 3 N–H and O–H groups in total. The van der Waals surface area contributed by atoms with Crippen LogP contribution >= 0.6 is 0 Å². The molecule has 2 amide bonds. The van der Waals surface area contributed by atoms with Crippen molar-refractivity contribution in [1.29, 1.82) is 0 Å². The molecule has 0 aromatic heterocycles. The van der Waals surface area contributed by atoms with E-state index in [9.17, 15) is 4.79 Å². The van der Waals surface area contributed by atoms with Crippen LogP contribution in [-0.2, 0) is 0 Å². The van der Waals surface area contributed by atoms with Gasteiger partial charge in [0.05, 0.1) is 0 Å². The van der Waals surface area contributed by atoms with Gasteiger partial charge in [0.1, 0.15) is 0 Å². The predicted octanol–water partition coefficient (Wildman–Crippen LogP) is 1.47. The molecule has 2 rings (SSSR count). The lowest BCUT2D eigenvalue weighted by atomic mass is 9.75. The number of amides is 2. The minimum absolute atomic E-state index is 0.144. The third kappa shape index (κ3) is 1.29. The van der Waals surface area contributed by atoms with Crippen LogP contribution < -0.4 is 11.2 Å². The predicted molar refractivity (Wildman–Crippen MR) is 54.8 cm³/mol. The highest BCUT2D eigenvalue weighted by Crippen LogP contribution is 2.53. The molecule has 0 aromatic rings. The van der Waals surface area contributed by atoms with Gasteiger partial charge in [-0.15, -0.1) is 0 Å². The Hall–Kier alpha value is -1.06. The molecule has 2 aliphatic rings. The van der Waals surface area contributed by atoms with Gasteiger partial charge in [-0.05, 0) is 31.1 Å². The standard InChI is InChI=1S/C10H17N3O/c1-10(2)7-4-3-6(5-7)8(10)12-13-9(11)14/h6-7H,3-5H2,1-2H3,(H3,11,13,14)/b12-8+. The maximum atomic E-state index is 10.6. The van der Waals surface area contributed by atoms with Gasteiger partial charge < -0.3 is 5.73 Å². The van der Waals surface area contributed by atoms with Gasteiger partial charge in [-0.25, -0.2) is 10.2 Å². The highest BCUT2D eigenvalue weighted by atomic mass is 16.2. The smallest absolute Gasteiger partial charge is 0.332 e. The van der Waals surface area contributed by atoms with Gasteiger partial charge in [-0.2, -0.15) is 5.10 Å². The van der Waals surface area contributed by atoms with E-state index in [0.717, 1.165) is 11.6 Å². The first-order valence-corrected chi connectivity index (χ1v) is 5.15. The number of nitrogens with one attached hydrogen (secondary N) is 1. The summed E-state index contributed by atoms with van der Waals surface area (Å²) >= 11 is 0. The van der Waals surface area contributed by atoms with Crippen LogP contribution in [-0.4, -0.2) is 11.7 Å². The molecule has 2 bridgehead atoms.